The van der Waals surface area contributed by atoms with E-state index in [-0.39, 0.29) is 130 Å². The molecule has 3 rings (SSSR count). The maximum Gasteiger partial charge on any atom is 1.00 e. The Balaban J connectivity index is 0.00000363. The second-order valence-corrected chi connectivity index (χ2v) is 6.67. The Hall–Kier alpha value is -1.27. The Morgan fingerprint density at radius 3 is 1.85 bits per heavy atom. The quantitative estimate of drug-likeness (QED) is 0.281. The van der Waals surface area contributed by atoms with Crippen LogP contribution in [0.25, 0.3) is 11.4 Å². The van der Waals surface area contributed by atoms with E-state index in [4.69, 9.17) is 4.74 Å². The molecular weight excluding hydrogens is 473 g/mol. The number of hydrogen-bond acceptors (Lipinski definition) is 9. The molecule has 0 radical (unpaired) electrons. The van der Waals surface area contributed by atoms with Crippen LogP contribution in [0.1, 0.15) is 37.7 Å². The number of carbonyl (C=O) groups is 3. The van der Waals surface area contributed by atoms with Crippen molar-refractivity contribution < 1.29 is 123 Å². The van der Waals surface area contributed by atoms with Gasteiger partial charge in [-0.1, -0.05) is 12.1 Å². The van der Waals surface area contributed by atoms with Crippen LogP contribution in [0, 0.1) is 6.92 Å². The van der Waals surface area contributed by atoms with E-state index in [2.05, 4.69) is 9.97 Å². The number of hydrogen-bond donors (Lipinski definition) is 0. The molecule has 0 saturated heterocycles. The molecule has 0 bridgehead atoms. The molecule has 0 aliphatic rings. The summed E-state index contributed by atoms with van der Waals surface area (Å²) >= 11 is 0. The zero-order valence-electron chi connectivity index (χ0n) is 19.3. The molecule has 9 nitrogen and oxygen atoms in total. The molecule has 2 aromatic heterocycles. The number of aliphatic carboxylic acids is 1. The summed E-state index contributed by atoms with van der Waals surface area (Å²) in [7, 11) is 0. The van der Waals surface area contributed by atoms with E-state index in [1.165, 1.54) is 24.3 Å². The van der Waals surface area contributed by atoms with Gasteiger partial charge in [0.15, 0.2) is 0 Å². The Morgan fingerprint density at radius 2 is 1.32 bits per heavy atom. The van der Waals surface area contributed by atoms with Gasteiger partial charge in [0.25, 0.3) is 0 Å². The van der Waals surface area contributed by atoms with Crippen molar-refractivity contribution in [1.82, 2.24) is 9.97 Å². The minimum atomic E-state index is -1.44. The zero-order chi connectivity index (χ0) is 22.5. The van der Waals surface area contributed by atoms with Crippen molar-refractivity contribution in [2.24, 2.45) is 0 Å². The third-order valence-corrected chi connectivity index (χ3v) is 4.22. The summed E-state index contributed by atoms with van der Waals surface area (Å²) in [6.07, 6.45) is -0.226. The van der Waals surface area contributed by atoms with Crippen LogP contribution in [0.5, 0.6) is 5.75 Å². The van der Waals surface area contributed by atoms with E-state index in [0.717, 1.165) is 0 Å². The first kappa shape index (κ1) is 32.7. The number of benzene rings is 1. The van der Waals surface area contributed by atoms with Crippen molar-refractivity contribution in [2.75, 3.05) is 0 Å². The summed E-state index contributed by atoms with van der Waals surface area (Å²) < 4.78 is 5.60. The van der Waals surface area contributed by atoms with Gasteiger partial charge >= 0.3 is 88.7 Å². The van der Waals surface area contributed by atoms with E-state index >= 15 is 0 Å². The SMILES string of the molecule is Cc1cc(C(=O)[O-])cc(-c2cc(C(=O)[O-])cc(COc3ccc(CC(=O)[O-])cc3)n2)n1.[Na+].[Na+].[Na+]. The van der Waals surface area contributed by atoms with E-state index in [0.29, 0.717) is 17.0 Å². The predicted molar refractivity (Wildman–Crippen MR) is 100 cm³/mol. The second-order valence-electron chi connectivity index (χ2n) is 6.67. The molecule has 0 amide bonds. The minimum Gasteiger partial charge on any atom is -0.550 e. The summed E-state index contributed by atoms with van der Waals surface area (Å²) in [4.78, 5) is 41.8. The molecule has 0 saturated carbocycles. The third-order valence-electron chi connectivity index (χ3n) is 4.22. The zero-order valence-corrected chi connectivity index (χ0v) is 25.3. The maximum absolute atomic E-state index is 11.4. The molecule has 158 valence electrons. The third kappa shape index (κ3) is 9.41. The van der Waals surface area contributed by atoms with Gasteiger partial charge in [-0.05, 0) is 48.9 Å². The van der Waals surface area contributed by atoms with Gasteiger partial charge in [-0.3, -0.25) is 4.98 Å². The van der Waals surface area contributed by atoms with E-state index in [9.17, 15) is 29.7 Å². The predicted octanol–water partition coefficient (Wildman–Crippen LogP) is -9.94. The molecule has 12 heteroatoms. The number of aromatic nitrogens is 2. The fourth-order valence-corrected chi connectivity index (χ4v) is 2.86. The van der Waals surface area contributed by atoms with Crippen molar-refractivity contribution in [3.8, 4) is 17.1 Å². The summed E-state index contributed by atoms with van der Waals surface area (Å²) in [5.41, 5.74) is 1.19. The van der Waals surface area contributed by atoms with Crippen LogP contribution in [0.3, 0.4) is 0 Å². The minimum absolute atomic E-state index is 0. The van der Waals surface area contributed by atoms with Crippen molar-refractivity contribution in [3.05, 3.63) is 76.6 Å². The first-order valence-electron chi connectivity index (χ1n) is 9.05. The molecule has 0 fully saturated rings. The molecule has 1 aromatic carbocycles. The first-order valence-corrected chi connectivity index (χ1v) is 9.05. The van der Waals surface area contributed by atoms with Crippen LogP contribution >= 0.6 is 0 Å². The number of pyridine rings is 2. The number of rotatable bonds is 8. The van der Waals surface area contributed by atoms with Gasteiger partial charge in [-0.25, -0.2) is 4.98 Å². The van der Waals surface area contributed by atoms with E-state index < -0.39 is 17.9 Å². The number of ether oxygens (including phenoxy) is 1. The summed E-state index contributed by atoms with van der Waals surface area (Å²) in [6, 6.07) is 11.3. The normalized spacial score (nSPS) is 9.56. The number of aromatic carboxylic acids is 2. The van der Waals surface area contributed by atoms with Crippen molar-refractivity contribution in [3.63, 3.8) is 0 Å². The topological polar surface area (TPSA) is 155 Å². The van der Waals surface area contributed by atoms with Gasteiger partial charge in [0, 0.05) is 29.2 Å². The number of aryl methyl sites for hydroxylation is 1. The van der Waals surface area contributed by atoms with Crippen LogP contribution in [0.2, 0.25) is 0 Å². The molecule has 0 aliphatic heterocycles. The molecule has 0 N–H and O–H groups in total. The number of carbonyl (C=O) groups excluding carboxylic acids is 3. The van der Waals surface area contributed by atoms with E-state index in [1.54, 1.807) is 31.2 Å². The molecule has 3 aromatic rings. The van der Waals surface area contributed by atoms with Gasteiger partial charge in [0.05, 0.1) is 29.0 Å². The Labute approximate surface area is 261 Å². The van der Waals surface area contributed by atoms with Crippen molar-refractivity contribution in [2.45, 2.75) is 20.0 Å². The second kappa shape index (κ2) is 15.0. The number of nitrogens with zero attached hydrogens (tertiary/aromatic N) is 2. The van der Waals surface area contributed by atoms with Crippen LogP contribution in [0.15, 0.2) is 48.5 Å². The average molecular weight is 488 g/mol. The molecule has 0 atom stereocenters. The molecule has 0 spiro atoms. The summed E-state index contributed by atoms with van der Waals surface area (Å²) in [6.45, 7) is 1.49. The standard InChI is InChI=1S/C22H18N2O7.3Na/c1-12-6-14(21(27)28)9-18(23-12)19-10-15(22(29)30)8-16(24-19)11-31-17-4-2-13(3-5-17)7-20(25)26;;;/h2-6,8-10H,7,11H2,1H3,(H,25,26)(H,27,28)(H,29,30);;;/q;3*+1/p-3. The molecule has 0 unspecified atom stereocenters. The Kier molecular flexibility index (Phi) is 14.4. The molecule has 0 aliphatic carbocycles. The maximum atomic E-state index is 11.4. The number of carboxylic acids is 3. The largest absolute Gasteiger partial charge is 1.00 e. The summed E-state index contributed by atoms with van der Waals surface area (Å²) in [5.74, 6) is -3.62. The molecule has 2 heterocycles. The fraction of sp³-hybridized carbons (Fsp3) is 0.136. The Bertz CT molecular complexity index is 1170. The summed E-state index contributed by atoms with van der Waals surface area (Å²) in [5, 5.41) is 33.3. The molecule has 34 heavy (non-hydrogen) atoms. The van der Waals surface area contributed by atoms with Crippen LogP contribution in [0.4, 0.5) is 0 Å². The Morgan fingerprint density at radius 1 is 0.794 bits per heavy atom. The van der Waals surface area contributed by atoms with Gasteiger partial charge in [0.1, 0.15) is 12.4 Å². The van der Waals surface area contributed by atoms with Crippen molar-refractivity contribution in [1.29, 1.82) is 0 Å². The fourth-order valence-electron chi connectivity index (χ4n) is 2.86. The number of carboxylic acid groups (broad SMARTS) is 3. The molecular formula is C22H15N2Na3O7. The van der Waals surface area contributed by atoms with Gasteiger partial charge in [0.2, 0.25) is 0 Å². The van der Waals surface area contributed by atoms with Crippen LogP contribution in [-0.4, -0.2) is 27.9 Å². The van der Waals surface area contributed by atoms with E-state index in [1.807, 2.05) is 0 Å². The van der Waals surface area contributed by atoms with Crippen LogP contribution in [-0.2, 0) is 17.8 Å². The monoisotopic (exact) mass is 488 g/mol. The smallest absolute Gasteiger partial charge is 0.550 e. The van der Waals surface area contributed by atoms with Crippen molar-refractivity contribution >= 4 is 17.9 Å². The van der Waals surface area contributed by atoms with Gasteiger partial charge in [-0.15, -0.1) is 0 Å². The average Bonchev–Trinajstić information content (AvgIpc) is 2.72. The first-order chi connectivity index (χ1) is 14.7. The van der Waals surface area contributed by atoms with Crippen LogP contribution < -0.4 is 109 Å². The van der Waals surface area contributed by atoms with Gasteiger partial charge < -0.3 is 34.4 Å². The van der Waals surface area contributed by atoms with Gasteiger partial charge in [-0.2, -0.15) is 0 Å².